The minimum Gasteiger partial charge on any atom is -0.353 e. The van der Waals surface area contributed by atoms with Gasteiger partial charge in [0, 0.05) is 19.6 Å². The number of amides is 1. The van der Waals surface area contributed by atoms with Crippen molar-refractivity contribution >= 4 is 33.3 Å². The van der Waals surface area contributed by atoms with Crippen molar-refractivity contribution in [2.45, 2.75) is 18.9 Å². The van der Waals surface area contributed by atoms with E-state index in [0.29, 0.717) is 6.54 Å². The van der Waals surface area contributed by atoms with E-state index in [0.717, 1.165) is 42.0 Å². The van der Waals surface area contributed by atoms with E-state index in [-0.39, 0.29) is 11.9 Å². The fraction of sp³-hybridized carbons (Fsp3) is 0.500. The summed E-state index contributed by atoms with van der Waals surface area (Å²) in [5.41, 5.74) is 0. The Morgan fingerprint density at radius 2 is 2.38 bits per heavy atom. The van der Waals surface area contributed by atoms with E-state index in [1.165, 1.54) is 0 Å². The molecule has 2 aromatic heterocycles. The minimum absolute atomic E-state index is 0.0877. The van der Waals surface area contributed by atoms with Crippen LogP contribution in [0.25, 0.3) is 10.2 Å². The van der Waals surface area contributed by atoms with Crippen molar-refractivity contribution in [3.63, 3.8) is 0 Å². The molecule has 0 aromatic carbocycles. The molecule has 0 saturated carbocycles. The normalized spacial score (nSPS) is 18.3. The molecule has 1 fully saturated rings. The van der Waals surface area contributed by atoms with Gasteiger partial charge in [0.2, 0.25) is 5.91 Å². The molecule has 1 aliphatic heterocycles. The Bertz CT molecular complexity index is 629. The molecule has 3 rings (SSSR count). The molecule has 1 aliphatic rings. The Kier molecular flexibility index (Phi) is 4.31. The van der Waals surface area contributed by atoms with Gasteiger partial charge >= 0.3 is 0 Å². The summed E-state index contributed by atoms with van der Waals surface area (Å²) >= 11 is 1.60. The van der Waals surface area contributed by atoms with Gasteiger partial charge in [0.25, 0.3) is 0 Å². The van der Waals surface area contributed by atoms with Gasteiger partial charge in [0.05, 0.1) is 5.39 Å². The van der Waals surface area contributed by atoms with Gasteiger partial charge in [-0.2, -0.15) is 0 Å². The summed E-state index contributed by atoms with van der Waals surface area (Å²) in [5, 5.41) is 9.07. The smallest absolute Gasteiger partial charge is 0.242 e. The Morgan fingerprint density at radius 1 is 1.48 bits per heavy atom. The molecule has 2 N–H and O–H groups in total. The molecular formula is C14H19N5OS. The summed E-state index contributed by atoms with van der Waals surface area (Å²) in [6.45, 7) is 2.30. The lowest BCUT2D eigenvalue weighted by Gasteiger charge is -2.25. The molecule has 1 saturated heterocycles. The number of nitrogens with one attached hydrogen (secondary N) is 2. The zero-order valence-electron chi connectivity index (χ0n) is 12.0. The summed E-state index contributed by atoms with van der Waals surface area (Å²) in [5.74, 6) is 0.970. The average Bonchev–Trinajstić information content (AvgIpc) is 3.15. The second kappa shape index (κ2) is 6.36. The topological polar surface area (TPSA) is 70.2 Å². The third-order valence-corrected chi connectivity index (χ3v) is 4.56. The number of aromatic nitrogens is 2. The Hall–Kier alpha value is -1.73. The molecular weight excluding hydrogens is 286 g/mol. The van der Waals surface area contributed by atoms with Crippen molar-refractivity contribution in [1.82, 2.24) is 20.6 Å². The number of anilines is 1. The lowest BCUT2D eigenvalue weighted by molar-refractivity contribution is -0.122. The SMILES string of the molecule is CNCCNC(=O)C1CCCN1c1ncnc2sccc12. The van der Waals surface area contributed by atoms with Crippen molar-refractivity contribution in [3.8, 4) is 0 Å². The first-order chi connectivity index (χ1) is 10.3. The second-order valence-electron chi connectivity index (χ2n) is 5.08. The number of fused-ring (bicyclic) bond motifs is 1. The third kappa shape index (κ3) is 2.84. The molecule has 3 heterocycles. The van der Waals surface area contributed by atoms with Gasteiger partial charge in [-0.05, 0) is 31.3 Å². The molecule has 21 heavy (non-hydrogen) atoms. The van der Waals surface area contributed by atoms with Crippen LogP contribution in [0.15, 0.2) is 17.8 Å². The van der Waals surface area contributed by atoms with Crippen LogP contribution in [0.4, 0.5) is 5.82 Å². The summed E-state index contributed by atoms with van der Waals surface area (Å²) in [6.07, 6.45) is 3.48. The summed E-state index contributed by atoms with van der Waals surface area (Å²) in [4.78, 5) is 24.1. The molecule has 7 heteroatoms. The number of hydrogen-bond donors (Lipinski definition) is 2. The van der Waals surface area contributed by atoms with E-state index in [2.05, 4.69) is 25.5 Å². The number of likely N-dealkylation sites (N-methyl/N-ethyl adjacent to an activating group) is 1. The van der Waals surface area contributed by atoms with Gasteiger partial charge in [-0.25, -0.2) is 9.97 Å². The Labute approximate surface area is 127 Å². The van der Waals surface area contributed by atoms with Crippen molar-refractivity contribution in [3.05, 3.63) is 17.8 Å². The predicted octanol–water partition coefficient (Wildman–Crippen LogP) is 0.996. The van der Waals surface area contributed by atoms with Crippen LogP contribution in [0.1, 0.15) is 12.8 Å². The fourth-order valence-electron chi connectivity index (χ4n) is 2.73. The highest BCUT2D eigenvalue weighted by atomic mass is 32.1. The number of carbonyl (C=O) groups excluding carboxylic acids is 1. The van der Waals surface area contributed by atoms with Crippen LogP contribution in [0.5, 0.6) is 0 Å². The summed E-state index contributed by atoms with van der Waals surface area (Å²) in [6, 6.07) is 1.91. The number of rotatable bonds is 5. The molecule has 1 atom stereocenters. The number of thiophene rings is 1. The van der Waals surface area contributed by atoms with Gasteiger partial charge in [0.15, 0.2) is 0 Å². The standard InChI is InChI=1S/C14H19N5OS/c1-15-5-6-16-13(20)11-3-2-7-19(11)12-10-4-8-21-14(10)18-9-17-12/h4,8-9,11,15H,2-3,5-7H2,1H3,(H,16,20). The molecule has 0 aliphatic carbocycles. The van der Waals surface area contributed by atoms with E-state index in [4.69, 9.17) is 0 Å². The molecule has 6 nitrogen and oxygen atoms in total. The molecule has 0 radical (unpaired) electrons. The monoisotopic (exact) mass is 305 g/mol. The molecule has 2 aromatic rings. The molecule has 112 valence electrons. The Morgan fingerprint density at radius 3 is 3.24 bits per heavy atom. The fourth-order valence-corrected chi connectivity index (χ4v) is 3.45. The number of hydrogen-bond acceptors (Lipinski definition) is 6. The van der Waals surface area contributed by atoms with Gasteiger partial charge < -0.3 is 15.5 Å². The average molecular weight is 305 g/mol. The highest BCUT2D eigenvalue weighted by Crippen LogP contribution is 2.31. The first-order valence-corrected chi connectivity index (χ1v) is 8.06. The van der Waals surface area contributed by atoms with Crippen molar-refractivity contribution in [2.24, 2.45) is 0 Å². The highest BCUT2D eigenvalue weighted by Gasteiger charge is 2.32. The predicted molar refractivity (Wildman–Crippen MR) is 84.7 cm³/mol. The molecule has 0 bridgehead atoms. The van der Waals surface area contributed by atoms with Crippen LogP contribution < -0.4 is 15.5 Å². The first-order valence-electron chi connectivity index (χ1n) is 7.18. The summed E-state index contributed by atoms with van der Waals surface area (Å²) < 4.78 is 0. The van der Waals surface area contributed by atoms with Crippen molar-refractivity contribution in [2.75, 3.05) is 31.6 Å². The molecule has 0 spiro atoms. The molecule has 1 amide bonds. The lowest BCUT2D eigenvalue weighted by atomic mass is 10.2. The zero-order chi connectivity index (χ0) is 14.7. The third-order valence-electron chi connectivity index (χ3n) is 3.74. The van der Waals surface area contributed by atoms with Gasteiger partial charge in [-0.3, -0.25) is 4.79 Å². The Balaban J connectivity index is 1.80. The van der Waals surface area contributed by atoms with Crippen molar-refractivity contribution in [1.29, 1.82) is 0 Å². The maximum Gasteiger partial charge on any atom is 0.242 e. The van der Waals surface area contributed by atoms with Crippen LogP contribution in [-0.4, -0.2) is 48.6 Å². The van der Waals surface area contributed by atoms with E-state index in [9.17, 15) is 4.79 Å². The van der Waals surface area contributed by atoms with Crippen LogP contribution >= 0.6 is 11.3 Å². The van der Waals surface area contributed by atoms with E-state index in [1.807, 2.05) is 18.5 Å². The minimum atomic E-state index is -0.125. The van der Waals surface area contributed by atoms with E-state index < -0.39 is 0 Å². The quantitative estimate of drug-likeness (QED) is 0.806. The first kappa shape index (κ1) is 14.2. The van der Waals surface area contributed by atoms with Crippen LogP contribution in [0.2, 0.25) is 0 Å². The lowest BCUT2D eigenvalue weighted by Crippen LogP contribution is -2.45. The number of carbonyl (C=O) groups is 1. The zero-order valence-corrected chi connectivity index (χ0v) is 12.8. The molecule has 1 unspecified atom stereocenters. The largest absolute Gasteiger partial charge is 0.353 e. The van der Waals surface area contributed by atoms with E-state index in [1.54, 1.807) is 17.7 Å². The van der Waals surface area contributed by atoms with Crippen LogP contribution in [-0.2, 0) is 4.79 Å². The van der Waals surface area contributed by atoms with Crippen LogP contribution in [0.3, 0.4) is 0 Å². The summed E-state index contributed by atoms with van der Waals surface area (Å²) in [7, 11) is 1.88. The highest BCUT2D eigenvalue weighted by molar-refractivity contribution is 7.16. The van der Waals surface area contributed by atoms with Gasteiger partial charge in [0.1, 0.15) is 23.0 Å². The number of nitrogens with zero attached hydrogens (tertiary/aromatic N) is 3. The van der Waals surface area contributed by atoms with Crippen molar-refractivity contribution < 1.29 is 4.79 Å². The van der Waals surface area contributed by atoms with Gasteiger partial charge in [-0.15, -0.1) is 11.3 Å². The second-order valence-corrected chi connectivity index (χ2v) is 5.98. The maximum atomic E-state index is 12.4. The van der Waals surface area contributed by atoms with Crippen LogP contribution in [0, 0.1) is 0 Å². The van der Waals surface area contributed by atoms with E-state index >= 15 is 0 Å². The van der Waals surface area contributed by atoms with Gasteiger partial charge in [-0.1, -0.05) is 0 Å². The maximum absolute atomic E-state index is 12.4.